The maximum absolute atomic E-state index is 8.91. The molecule has 0 saturated heterocycles. The van der Waals surface area contributed by atoms with E-state index in [4.69, 9.17) is 5.11 Å². The molecular formula is C5H11N2O+. The topological polar surface area (TPSA) is 35.3 Å². The highest BCUT2D eigenvalue weighted by atomic mass is 16.3. The van der Waals surface area contributed by atoms with E-state index in [0.717, 1.165) is 13.1 Å². The molecule has 1 aliphatic rings. The molecule has 1 aliphatic heterocycles. The van der Waals surface area contributed by atoms with E-state index in [1.165, 1.54) is 0 Å². The third-order valence-corrected chi connectivity index (χ3v) is 1.25. The van der Waals surface area contributed by atoms with Gasteiger partial charge < -0.3 is 5.11 Å². The first kappa shape index (κ1) is 5.56. The standard InChI is InChI=1S/C5H10N2O/c1-5(8)7-3-2-6-4-7/h4-5,8H,2-3H2,1H3/p+1. The Kier molecular flexibility index (Phi) is 1.48. The minimum atomic E-state index is -0.343. The molecule has 0 saturated carbocycles. The Morgan fingerprint density at radius 3 is 2.88 bits per heavy atom. The van der Waals surface area contributed by atoms with Gasteiger partial charge in [-0.15, -0.1) is 0 Å². The molecule has 0 aliphatic carbocycles. The van der Waals surface area contributed by atoms with E-state index in [9.17, 15) is 0 Å². The fourth-order valence-electron chi connectivity index (χ4n) is 0.735. The predicted molar refractivity (Wildman–Crippen MR) is 30.9 cm³/mol. The summed E-state index contributed by atoms with van der Waals surface area (Å²) >= 11 is 0. The average Bonchev–Trinajstić information content (AvgIpc) is 2.12. The maximum Gasteiger partial charge on any atom is 0.234 e. The second kappa shape index (κ2) is 2.13. The molecule has 0 bridgehead atoms. The smallest absolute Gasteiger partial charge is 0.234 e. The molecule has 0 fully saturated rings. The lowest BCUT2D eigenvalue weighted by Gasteiger charge is -2.00. The van der Waals surface area contributed by atoms with Gasteiger partial charge in [0.1, 0.15) is 13.1 Å². The Morgan fingerprint density at radius 1 is 1.88 bits per heavy atom. The van der Waals surface area contributed by atoms with Gasteiger partial charge in [-0.05, 0) is 0 Å². The monoisotopic (exact) mass is 115 g/mol. The van der Waals surface area contributed by atoms with Crippen LogP contribution in [0, 0.1) is 0 Å². The maximum atomic E-state index is 8.91. The van der Waals surface area contributed by atoms with Crippen molar-refractivity contribution in [3.05, 3.63) is 0 Å². The third-order valence-electron chi connectivity index (χ3n) is 1.25. The van der Waals surface area contributed by atoms with Crippen molar-refractivity contribution in [1.82, 2.24) is 5.32 Å². The molecule has 0 aromatic carbocycles. The zero-order valence-corrected chi connectivity index (χ0v) is 4.96. The zero-order chi connectivity index (χ0) is 5.98. The molecule has 2 N–H and O–H groups in total. The van der Waals surface area contributed by atoms with Gasteiger partial charge in [0.15, 0.2) is 6.23 Å². The molecule has 3 heteroatoms. The number of nitrogens with zero attached hydrogens (tertiary/aromatic N) is 1. The van der Waals surface area contributed by atoms with Gasteiger partial charge in [0.05, 0.1) is 0 Å². The van der Waals surface area contributed by atoms with Crippen LogP contribution in [0.2, 0.25) is 0 Å². The highest BCUT2D eigenvalue weighted by Gasteiger charge is 2.11. The van der Waals surface area contributed by atoms with E-state index >= 15 is 0 Å². The van der Waals surface area contributed by atoms with E-state index in [-0.39, 0.29) is 6.23 Å². The van der Waals surface area contributed by atoms with Crippen LogP contribution in [0.25, 0.3) is 0 Å². The van der Waals surface area contributed by atoms with Crippen LogP contribution >= 0.6 is 0 Å². The van der Waals surface area contributed by atoms with Crippen molar-refractivity contribution in [2.75, 3.05) is 13.1 Å². The quantitative estimate of drug-likeness (QED) is 0.428. The van der Waals surface area contributed by atoms with Crippen molar-refractivity contribution in [3.63, 3.8) is 0 Å². The van der Waals surface area contributed by atoms with Gasteiger partial charge in [0.2, 0.25) is 6.34 Å². The van der Waals surface area contributed by atoms with Crippen LogP contribution in [0.1, 0.15) is 6.92 Å². The molecule has 8 heavy (non-hydrogen) atoms. The highest BCUT2D eigenvalue weighted by molar-refractivity contribution is 5.49. The normalized spacial score (nSPS) is 22.0. The first-order chi connectivity index (χ1) is 3.80. The zero-order valence-electron chi connectivity index (χ0n) is 4.96. The Hall–Kier alpha value is -0.570. The van der Waals surface area contributed by atoms with Crippen molar-refractivity contribution < 1.29 is 9.68 Å². The molecule has 1 rings (SSSR count). The van der Waals surface area contributed by atoms with E-state index in [2.05, 4.69) is 5.32 Å². The number of nitrogens with one attached hydrogen (secondary N) is 1. The minimum absolute atomic E-state index is 0.343. The number of aliphatic hydroxyl groups is 1. The molecule has 1 heterocycles. The summed E-state index contributed by atoms with van der Waals surface area (Å²) in [6.07, 6.45) is 1.47. The molecular weight excluding hydrogens is 104 g/mol. The molecule has 0 amide bonds. The SMILES string of the molecule is CC(O)[N+]1=CNCC1. The summed E-state index contributed by atoms with van der Waals surface area (Å²) < 4.78 is 1.85. The summed E-state index contributed by atoms with van der Waals surface area (Å²) in [6, 6.07) is 0. The van der Waals surface area contributed by atoms with Crippen LogP contribution < -0.4 is 5.32 Å². The minimum Gasteiger partial charge on any atom is -0.356 e. The van der Waals surface area contributed by atoms with Crippen LogP contribution in [0.5, 0.6) is 0 Å². The van der Waals surface area contributed by atoms with Gasteiger partial charge in [-0.2, -0.15) is 0 Å². The lowest BCUT2D eigenvalue weighted by atomic mass is 10.6. The van der Waals surface area contributed by atoms with Crippen molar-refractivity contribution in [1.29, 1.82) is 0 Å². The first-order valence-electron chi connectivity index (χ1n) is 2.81. The lowest BCUT2D eigenvalue weighted by molar-refractivity contribution is -0.592. The molecule has 1 unspecified atom stereocenters. The van der Waals surface area contributed by atoms with E-state index < -0.39 is 0 Å². The molecule has 0 aromatic heterocycles. The Bertz CT molecular complexity index is 109. The fraction of sp³-hybridized carbons (Fsp3) is 0.800. The van der Waals surface area contributed by atoms with Crippen LogP contribution in [0.3, 0.4) is 0 Å². The Labute approximate surface area is 48.6 Å². The fourth-order valence-corrected chi connectivity index (χ4v) is 0.735. The van der Waals surface area contributed by atoms with Gasteiger partial charge in [-0.1, -0.05) is 0 Å². The molecule has 0 aromatic rings. The number of aliphatic hydroxyl groups excluding tert-OH is 1. The van der Waals surface area contributed by atoms with Gasteiger partial charge in [-0.3, -0.25) is 5.32 Å². The van der Waals surface area contributed by atoms with Crippen molar-refractivity contribution in [2.24, 2.45) is 0 Å². The van der Waals surface area contributed by atoms with Gasteiger partial charge in [-0.25, -0.2) is 4.58 Å². The Balaban J connectivity index is 2.45. The molecule has 46 valence electrons. The van der Waals surface area contributed by atoms with Gasteiger partial charge in [0.25, 0.3) is 0 Å². The lowest BCUT2D eigenvalue weighted by Crippen LogP contribution is -2.21. The second-order valence-corrected chi connectivity index (χ2v) is 1.95. The van der Waals surface area contributed by atoms with Gasteiger partial charge >= 0.3 is 0 Å². The van der Waals surface area contributed by atoms with Crippen molar-refractivity contribution in [2.45, 2.75) is 13.2 Å². The first-order valence-corrected chi connectivity index (χ1v) is 2.81. The van der Waals surface area contributed by atoms with Crippen molar-refractivity contribution in [3.8, 4) is 0 Å². The summed E-state index contributed by atoms with van der Waals surface area (Å²) in [5, 5.41) is 11.9. The predicted octanol–water partition coefficient (Wildman–Crippen LogP) is -1.03. The van der Waals surface area contributed by atoms with Gasteiger partial charge in [0, 0.05) is 6.92 Å². The van der Waals surface area contributed by atoms with E-state index in [1.54, 1.807) is 6.92 Å². The highest BCUT2D eigenvalue weighted by Crippen LogP contribution is 1.85. The largest absolute Gasteiger partial charge is 0.356 e. The van der Waals surface area contributed by atoms with E-state index in [0.29, 0.717) is 0 Å². The summed E-state index contributed by atoms with van der Waals surface area (Å²) in [7, 11) is 0. The third kappa shape index (κ3) is 0.980. The van der Waals surface area contributed by atoms with Crippen LogP contribution in [-0.2, 0) is 0 Å². The number of rotatable bonds is 1. The summed E-state index contributed by atoms with van der Waals surface area (Å²) in [4.78, 5) is 0. The van der Waals surface area contributed by atoms with Crippen LogP contribution in [0.15, 0.2) is 0 Å². The van der Waals surface area contributed by atoms with Crippen LogP contribution in [-0.4, -0.2) is 35.3 Å². The Morgan fingerprint density at radius 2 is 2.62 bits per heavy atom. The summed E-state index contributed by atoms with van der Waals surface area (Å²) in [5.41, 5.74) is 0. The summed E-state index contributed by atoms with van der Waals surface area (Å²) in [5.74, 6) is 0. The molecule has 3 nitrogen and oxygen atoms in total. The van der Waals surface area contributed by atoms with Crippen molar-refractivity contribution >= 4 is 6.34 Å². The summed E-state index contributed by atoms with van der Waals surface area (Å²) in [6.45, 7) is 3.62. The second-order valence-electron chi connectivity index (χ2n) is 1.95. The molecule has 0 spiro atoms. The molecule has 1 atom stereocenters. The number of hydrogen-bond donors (Lipinski definition) is 2. The van der Waals surface area contributed by atoms with E-state index in [1.807, 2.05) is 10.9 Å². The average molecular weight is 115 g/mol. The number of hydrogen-bond acceptors (Lipinski definition) is 2. The molecule has 0 radical (unpaired) electrons. The van der Waals surface area contributed by atoms with Crippen LogP contribution in [0.4, 0.5) is 0 Å².